The first-order valence-corrected chi connectivity index (χ1v) is 9.57. The molecule has 3 aromatic carbocycles. The molecule has 31 heavy (non-hydrogen) atoms. The first kappa shape index (κ1) is 21.6. The van der Waals surface area contributed by atoms with Crippen molar-refractivity contribution in [3.8, 4) is 22.6 Å². The lowest BCUT2D eigenvalue weighted by Gasteiger charge is -2.11. The van der Waals surface area contributed by atoms with Crippen LogP contribution in [0.15, 0.2) is 97.5 Å². The maximum atomic E-state index is 11.4. The molecule has 0 radical (unpaired) electrons. The lowest BCUT2D eigenvalue weighted by atomic mass is 10.0. The highest BCUT2D eigenvalue weighted by Crippen LogP contribution is 2.29. The van der Waals surface area contributed by atoms with Gasteiger partial charge in [-0.2, -0.15) is 0 Å². The summed E-state index contributed by atoms with van der Waals surface area (Å²) in [7, 11) is 0. The summed E-state index contributed by atoms with van der Waals surface area (Å²) in [6.45, 7) is 10.2. The van der Waals surface area contributed by atoms with Crippen molar-refractivity contribution in [3.05, 3.63) is 97.5 Å². The van der Waals surface area contributed by atoms with Gasteiger partial charge in [0, 0.05) is 12.2 Å². The number of rotatable bonds is 7. The zero-order valence-electron chi connectivity index (χ0n) is 17.4. The Bertz CT molecular complexity index is 1190. The third-order valence-corrected chi connectivity index (χ3v) is 4.57. The molecule has 5 heteroatoms. The lowest BCUT2D eigenvalue weighted by molar-refractivity contribution is -0.134. The normalized spacial score (nSPS) is 11.3. The third kappa shape index (κ3) is 5.48. The highest BCUT2D eigenvalue weighted by Gasteiger charge is 2.07. The molecule has 3 rings (SSSR count). The van der Waals surface area contributed by atoms with E-state index >= 15 is 0 Å². The van der Waals surface area contributed by atoms with E-state index < -0.39 is 11.9 Å². The minimum atomic E-state index is -0.530. The largest absolute Gasteiger partial charge is 0.459 e. The number of esters is 2. The van der Waals surface area contributed by atoms with Gasteiger partial charge in [-0.3, -0.25) is 0 Å². The molecular formula is C26H22O5. The van der Waals surface area contributed by atoms with Crippen molar-refractivity contribution < 1.29 is 23.8 Å². The first-order valence-electron chi connectivity index (χ1n) is 9.57. The summed E-state index contributed by atoms with van der Waals surface area (Å²) in [5, 5.41) is 1.98. The molecule has 0 aliphatic rings. The minimum absolute atomic E-state index is 0.377. The number of fused-ring (bicyclic) bond motifs is 1. The van der Waals surface area contributed by atoms with E-state index in [0.29, 0.717) is 23.0 Å². The molecule has 0 aliphatic carbocycles. The molecule has 0 atom stereocenters. The molecule has 0 spiro atoms. The van der Waals surface area contributed by atoms with Gasteiger partial charge in [0.2, 0.25) is 0 Å². The Hall–Kier alpha value is -4.12. The molecule has 0 aliphatic heterocycles. The highest BCUT2D eigenvalue weighted by atomic mass is 16.6. The molecule has 0 fully saturated rings. The van der Waals surface area contributed by atoms with E-state index in [4.69, 9.17) is 14.2 Å². The fourth-order valence-corrected chi connectivity index (χ4v) is 2.85. The Labute approximate surface area is 180 Å². The second-order valence-electron chi connectivity index (χ2n) is 6.71. The quantitative estimate of drug-likeness (QED) is 0.207. The zero-order valence-corrected chi connectivity index (χ0v) is 17.4. The van der Waals surface area contributed by atoms with E-state index in [9.17, 15) is 9.59 Å². The van der Waals surface area contributed by atoms with Crippen LogP contribution in [-0.2, 0) is 14.3 Å². The number of hydrogen-bond donors (Lipinski definition) is 0. The predicted molar refractivity (Wildman–Crippen MR) is 121 cm³/mol. The monoisotopic (exact) mass is 414 g/mol. The summed E-state index contributed by atoms with van der Waals surface area (Å²) < 4.78 is 16.0. The smallest absolute Gasteiger partial charge is 0.335 e. The van der Waals surface area contributed by atoms with Gasteiger partial charge < -0.3 is 14.2 Å². The third-order valence-electron chi connectivity index (χ3n) is 4.57. The van der Waals surface area contributed by atoms with Crippen LogP contribution in [0.1, 0.15) is 13.8 Å². The van der Waals surface area contributed by atoms with Crippen LogP contribution in [0.2, 0.25) is 0 Å². The van der Waals surface area contributed by atoms with Crippen molar-refractivity contribution in [2.45, 2.75) is 13.8 Å². The number of benzene rings is 3. The van der Waals surface area contributed by atoms with Gasteiger partial charge in [-0.15, -0.1) is 0 Å². The molecule has 5 nitrogen and oxygen atoms in total. The summed E-state index contributed by atoms with van der Waals surface area (Å²) in [4.78, 5) is 22.7. The maximum absolute atomic E-state index is 11.4. The van der Waals surface area contributed by atoms with Crippen molar-refractivity contribution in [2.75, 3.05) is 0 Å². The Balaban J connectivity index is 1.77. The summed E-state index contributed by atoms with van der Waals surface area (Å²) in [5.41, 5.74) is 2.06. The van der Waals surface area contributed by atoms with Crippen molar-refractivity contribution >= 4 is 22.7 Å². The van der Waals surface area contributed by atoms with Crippen molar-refractivity contribution in [1.29, 1.82) is 0 Å². The number of hydrogen-bond acceptors (Lipinski definition) is 5. The average molecular weight is 414 g/mol. The van der Waals surface area contributed by atoms with Crippen molar-refractivity contribution in [1.82, 2.24) is 0 Å². The molecule has 0 aromatic heterocycles. The van der Waals surface area contributed by atoms with E-state index in [1.165, 1.54) is 0 Å². The summed E-state index contributed by atoms with van der Waals surface area (Å²) in [6, 6.07) is 19.1. The molecule has 0 amide bonds. The molecule has 3 aromatic rings. The van der Waals surface area contributed by atoms with E-state index in [0.717, 1.165) is 34.1 Å². The van der Waals surface area contributed by atoms with Crippen molar-refractivity contribution in [3.63, 3.8) is 0 Å². The molecule has 0 N–H and O–H groups in total. The van der Waals surface area contributed by atoms with E-state index in [1.54, 1.807) is 19.9 Å². The Morgan fingerprint density at radius 3 is 1.94 bits per heavy atom. The summed E-state index contributed by atoms with van der Waals surface area (Å²) >= 11 is 0. The van der Waals surface area contributed by atoms with Gasteiger partial charge >= 0.3 is 11.9 Å². The lowest BCUT2D eigenvalue weighted by Crippen LogP contribution is -2.03. The van der Waals surface area contributed by atoms with Gasteiger partial charge in [0.1, 0.15) is 23.0 Å². The van der Waals surface area contributed by atoms with Gasteiger partial charge in [-0.25, -0.2) is 9.59 Å². The van der Waals surface area contributed by atoms with Crippen LogP contribution in [0.4, 0.5) is 0 Å². The van der Waals surface area contributed by atoms with Crippen LogP contribution in [0.25, 0.3) is 21.9 Å². The highest BCUT2D eigenvalue weighted by molar-refractivity contribution is 5.90. The molecule has 0 bridgehead atoms. The number of carbonyl (C=O) groups is 2. The van der Waals surface area contributed by atoms with Crippen molar-refractivity contribution in [2.24, 2.45) is 0 Å². The SMILES string of the molecule is C=CC(=O)OC(C)=C(C)Oc1ccc(-c2ccc3cc(OC(=O)C=C)ccc3c2)cc1. The predicted octanol–water partition coefficient (Wildman–Crippen LogP) is 5.96. The Kier molecular flexibility index (Phi) is 6.67. The van der Waals surface area contributed by atoms with E-state index in [1.807, 2.05) is 48.5 Å². The van der Waals surface area contributed by atoms with Gasteiger partial charge in [0.25, 0.3) is 0 Å². The minimum Gasteiger partial charge on any atom is -0.459 e. The topological polar surface area (TPSA) is 61.8 Å². The Morgan fingerprint density at radius 2 is 1.26 bits per heavy atom. The second kappa shape index (κ2) is 9.59. The average Bonchev–Trinajstić information content (AvgIpc) is 2.78. The van der Waals surface area contributed by atoms with Crippen LogP contribution in [0.5, 0.6) is 11.5 Å². The Morgan fingerprint density at radius 1 is 0.677 bits per heavy atom. The van der Waals surface area contributed by atoms with Gasteiger partial charge in [0.15, 0.2) is 0 Å². The molecule has 0 heterocycles. The number of carbonyl (C=O) groups excluding carboxylic acids is 2. The standard InChI is InChI=1S/C26H22O5/c1-5-25(27)30-18(4)17(3)29-23-12-9-19(10-13-23)20-7-8-22-16-24(31-26(28)6-2)14-11-21(22)15-20/h5-16H,1-2H2,3-4H3. The number of allylic oxidation sites excluding steroid dienone is 2. The molecule has 0 saturated heterocycles. The first-order chi connectivity index (χ1) is 14.9. The van der Waals surface area contributed by atoms with Crippen LogP contribution >= 0.6 is 0 Å². The van der Waals surface area contributed by atoms with Crippen LogP contribution in [-0.4, -0.2) is 11.9 Å². The van der Waals surface area contributed by atoms with Crippen LogP contribution in [0.3, 0.4) is 0 Å². The molecular weight excluding hydrogens is 392 g/mol. The molecule has 156 valence electrons. The van der Waals surface area contributed by atoms with Gasteiger partial charge in [0.05, 0.1) is 0 Å². The van der Waals surface area contributed by atoms with Gasteiger partial charge in [-0.05, 0) is 66.1 Å². The molecule has 0 saturated carbocycles. The van der Waals surface area contributed by atoms with Gasteiger partial charge in [-0.1, -0.05) is 43.5 Å². The number of ether oxygens (including phenoxy) is 3. The zero-order chi connectivity index (χ0) is 22.4. The fraction of sp³-hybridized carbons (Fsp3) is 0.0769. The van der Waals surface area contributed by atoms with Crippen LogP contribution in [0, 0.1) is 0 Å². The van der Waals surface area contributed by atoms with E-state index in [-0.39, 0.29) is 0 Å². The maximum Gasteiger partial charge on any atom is 0.335 e. The second-order valence-corrected chi connectivity index (χ2v) is 6.71. The van der Waals surface area contributed by atoms with Crippen LogP contribution < -0.4 is 9.47 Å². The fourth-order valence-electron chi connectivity index (χ4n) is 2.85. The van der Waals surface area contributed by atoms with E-state index in [2.05, 4.69) is 19.2 Å². The summed E-state index contributed by atoms with van der Waals surface area (Å²) in [6.07, 6.45) is 2.23. The molecule has 0 unspecified atom stereocenters. The summed E-state index contributed by atoms with van der Waals surface area (Å²) in [5.74, 6) is 0.952.